The third-order valence-electron chi connectivity index (χ3n) is 3.10. The first-order valence-electron chi connectivity index (χ1n) is 6.92. The molecule has 6 nitrogen and oxygen atoms in total. The van der Waals surface area contributed by atoms with Crippen LogP contribution in [0.15, 0.2) is 18.2 Å². The van der Waals surface area contributed by atoms with Crippen LogP contribution in [0.1, 0.15) is 24.2 Å². The number of hydrogen-bond acceptors (Lipinski definition) is 4. The van der Waals surface area contributed by atoms with Gasteiger partial charge in [-0.3, -0.25) is 9.59 Å². The van der Waals surface area contributed by atoms with Gasteiger partial charge in [0.1, 0.15) is 0 Å². The average Bonchev–Trinajstić information content (AvgIpc) is 2.46. The fourth-order valence-corrected chi connectivity index (χ4v) is 2.15. The van der Waals surface area contributed by atoms with Gasteiger partial charge < -0.3 is 19.7 Å². The molecule has 1 N–H and O–H groups in total. The number of rotatable bonds is 4. The lowest BCUT2D eigenvalue weighted by molar-refractivity contribution is -0.123. The van der Waals surface area contributed by atoms with Crippen LogP contribution in [0.2, 0.25) is 0 Å². The highest BCUT2D eigenvalue weighted by Gasteiger charge is 2.23. The molecule has 0 aromatic heterocycles. The Bertz CT molecular complexity index is 542. The number of carbonyl (C=O) groups is 2. The van der Waals surface area contributed by atoms with Crippen LogP contribution < -0.4 is 14.8 Å². The van der Waals surface area contributed by atoms with Gasteiger partial charge in [-0.05, 0) is 32.0 Å². The van der Waals surface area contributed by atoms with Crippen molar-refractivity contribution in [2.75, 3.05) is 26.7 Å². The van der Waals surface area contributed by atoms with E-state index in [9.17, 15) is 9.59 Å². The van der Waals surface area contributed by atoms with Gasteiger partial charge in [-0.2, -0.15) is 0 Å². The van der Waals surface area contributed by atoms with Gasteiger partial charge in [-0.25, -0.2) is 0 Å². The highest BCUT2D eigenvalue weighted by Crippen LogP contribution is 2.29. The summed E-state index contributed by atoms with van der Waals surface area (Å²) < 4.78 is 10.9. The molecule has 1 heterocycles. The van der Waals surface area contributed by atoms with E-state index < -0.39 is 0 Å². The van der Waals surface area contributed by atoms with Crippen molar-refractivity contribution in [3.8, 4) is 11.5 Å². The van der Waals surface area contributed by atoms with Crippen LogP contribution in [0.4, 0.5) is 0 Å². The van der Waals surface area contributed by atoms with E-state index in [0.717, 1.165) is 0 Å². The van der Waals surface area contributed by atoms with Gasteiger partial charge in [0.05, 0.1) is 19.8 Å². The standard InChI is InChI=1S/C15H20N2O4/c1-10(2)21-12-5-4-11(8-13(12)20-3)15(19)17-7-6-16-14(18)9-17/h4-5,8,10H,6-7,9H2,1-3H3,(H,16,18). The van der Waals surface area contributed by atoms with E-state index in [1.54, 1.807) is 18.2 Å². The van der Waals surface area contributed by atoms with E-state index in [1.165, 1.54) is 12.0 Å². The zero-order valence-corrected chi connectivity index (χ0v) is 12.5. The summed E-state index contributed by atoms with van der Waals surface area (Å²) in [6.45, 7) is 4.93. The van der Waals surface area contributed by atoms with Crippen LogP contribution in [-0.2, 0) is 4.79 Å². The Balaban J connectivity index is 2.19. The second kappa shape index (κ2) is 6.47. The molecule has 1 aromatic rings. The summed E-state index contributed by atoms with van der Waals surface area (Å²) in [5.74, 6) is 0.789. The lowest BCUT2D eigenvalue weighted by Gasteiger charge is -2.27. The third kappa shape index (κ3) is 3.65. The Kier molecular flexibility index (Phi) is 4.67. The summed E-state index contributed by atoms with van der Waals surface area (Å²) in [7, 11) is 1.53. The third-order valence-corrected chi connectivity index (χ3v) is 3.10. The SMILES string of the molecule is COc1cc(C(=O)N2CCNC(=O)C2)ccc1OC(C)C. The Morgan fingerprint density at radius 3 is 2.71 bits per heavy atom. The fraction of sp³-hybridized carbons (Fsp3) is 0.467. The topological polar surface area (TPSA) is 67.9 Å². The molecule has 0 bridgehead atoms. The maximum atomic E-state index is 12.4. The number of piperazine rings is 1. The summed E-state index contributed by atoms with van der Waals surface area (Å²) in [6.07, 6.45) is 0.0197. The number of nitrogens with one attached hydrogen (secondary N) is 1. The van der Waals surface area contributed by atoms with Crippen LogP contribution in [0.25, 0.3) is 0 Å². The van der Waals surface area contributed by atoms with E-state index in [1.807, 2.05) is 13.8 Å². The van der Waals surface area contributed by atoms with E-state index >= 15 is 0 Å². The Labute approximate surface area is 124 Å². The van der Waals surface area contributed by atoms with Gasteiger partial charge in [0.25, 0.3) is 5.91 Å². The van der Waals surface area contributed by atoms with E-state index in [2.05, 4.69) is 5.32 Å². The smallest absolute Gasteiger partial charge is 0.254 e. The molecule has 0 spiro atoms. The molecular weight excluding hydrogens is 272 g/mol. The number of nitrogens with zero attached hydrogens (tertiary/aromatic N) is 1. The predicted molar refractivity (Wildman–Crippen MR) is 77.7 cm³/mol. The maximum absolute atomic E-state index is 12.4. The zero-order chi connectivity index (χ0) is 15.4. The minimum Gasteiger partial charge on any atom is -0.493 e. The molecule has 2 amide bonds. The molecule has 114 valence electrons. The van der Waals surface area contributed by atoms with Crippen molar-refractivity contribution in [1.29, 1.82) is 0 Å². The Hall–Kier alpha value is -2.24. The average molecular weight is 292 g/mol. The Morgan fingerprint density at radius 2 is 2.10 bits per heavy atom. The minimum atomic E-state index is -0.181. The molecule has 0 radical (unpaired) electrons. The van der Waals surface area contributed by atoms with Crippen molar-refractivity contribution in [2.45, 2.75) is 20.0 Å². The molecule has 1 aliphatic heterocycles. The summed E-state index contributed by atoms with van der Waals surface area (Å²) in [4.78, 5) is 25.3. The monoisotopic (exact) mass is 292 g/mol. The highest BCUT2D eigenvalue weighted by atomic mass is 16.5. The number of carbonyl (C=O) groups excluding carboxylic acids is 2. The fourth-order valence-electron chi connectivity index (χ4n) is 2.15. The van der Waals surface area contributed by atoms with E-state index in [4.69, 9.17) is 9.47 Å². The van der Waals surface area contributed by atoms with Crippen molar-refractivity contribution >= 4 is 11.8 Å². The number of ether oxygens (including phenoxy) is 2. The lowest BCUT2D eigenvalue weighted by Crippen LogP contribution is -2.49. The summed E-state index contributed by atoms with van der Waals surface area (Å²) in [6, 6.07) is 5.05. The number of benzene rings is 1. The highest BCUT2D eigenvalue weighted by molar-refractivity contribution is 5.97. The molecular formula is C15H20N2O4. The van der Waals surface area contributed by atoms with Crippen molar-refractivity contribution in [3.63, 3.8) is 0 Å². The number of methoxy groups -OCH3 is 1. The molecule has 21 heavy (non-hydrogen) atoms. The predicted octanol–water partition coefficient (Wildman–Crippen LogP) is 1.05. The summed E-state index contributed by atoms with van der Waals surface area (Å²) >= 11 is 0. The molecule has 2 rings (SSSR count). The van der Waals surface area contributed by atoms with Crippen LogP contribution >= 0.6 is 0 Å². The number of hydrogen-bond donors (Lipinski definition) is 1. The van der Waals surface area contributed by atoms with Crippen molar-refractivity contribution < 1.29 is 19.1 Å². The van der Waals surface area contributed by atoms with E-state index in [-0.39, 0.29) is 24.5 Å². The van der Waals surface area contributed by atoms with Crippen molar-refractivity contribution in [3.05, 3.63) is 23.8 Å². The summed E-state index contributed by atoms with van der Waals surface area (Å²) in [5.41, 5.74) is 0.484. The molecule has 1 aliphatic rings. The maximum Gasteiger partial charge on any atom is 0.254 e. The first-order chi connectivity index (χ1) is 10.0. The van der Waals surface area contributed by atoms with Gasteiger partial charge in [0.2, 0.25) is 5.91 Å². The van der Waals surface area contributed by atoms with Gasteiger partial charge in [0, 0.05) is 18.7 Å². The van der Waals surface area contributed by atoms with E-state index in [0.29, 0.717) is 30.2 Å². The first-order valence-corrected chi connectivity index (χ1v) is 6.92. The largest absolute Gasteiger partial charge is 0.493 e. The molecule has 6 heteroatoms. The molecule has 1 aromatic carbocycles. The van der Waals surface area contributed by atoms with Gasteiger partial charge in [-0.1, -0.05) is 0 Å². The second-order valence-corrected chi connectivity index (χ2v) is 5.11. The van der Waals surface area contributed by atoms with Gasteiger partial charge in [0.15, 0.2) is 11.5 Å². The quantitative estimate of drug-likeness (QED) is 0.901. The normalized spacial score (nSPS) is 14.9. The Morgan fingerprint density at radius 1 is 1.33 bits per heavy atom. The molecule has 0 atom stereocenters. The molecule has 1 saturated heterocycles. The lowest BCUT2D eigenvalue weighted by atomic mass is 10.1. The minimum absolute atomic E-state index is 0.0197. The van der Waals surface area contributed by atoms with Gasteiger partial charge >= 0.3 is 0 Å². The first kappa shape index (κ1) is 15.2. The van der Waals surface area contributed by atoms with Crippen LogP contribution in [0.5, 0.6) is 11.5 Å². The van der Waals surface area contributed by atoms with Crippen molar-refractivity contribution in [2.24, 2.45) is 0 Å². The molecule has 0 aliphatic carbocycles. The van der Waals surface area contributed by atoms with Crippen molar-refractivity contribution in [1.82, 2.24) is 10.2 Å². The van der Waals surface area contributed by atoms with Crippen LogP contribution in [0.3, 0.4) is 0 Å². The second-order valence-electron chi connectivity index (χ2n) is 5.11. The molecule has 0 unspecified atom stereocenters. The summed E-state index contributed by atoms with van der Waals surface area (Å²) in [5, 5.41) is 2.69. The van der Waals surface area contributed by atoms with Gasteiger partial charge in [-0.15, -0.1) is 0 Å². The van der Waals surface area contributed by atoms with Crippen LogP contribution in [0, 0.1) is 0 Å². The molecule has 0 saturated carbocycles. The molecule has 1 fully saturated rings. The number of amides is 2. The zero-order valence-electron chi connectivity index (χ0n) is 12.5. The van der Waals surface area contributed by atoms with Crippen LogP contribution in [-0.4, -0.2) is 49.6 Å².